The first kappa shape index (κ1) is 12.3. The summed E-state index contributed by atoms with van der Waals surface area (Å²) in [7, 11) is 0. The van der Waals surface area contributed by atoms with Gasteiger partial charge in [-0.3, -0.25) is 10.2 Å². The third kappa shape index (κ3) is 2.96. The first-order chi connectivity index (χ1) is 8.69. The van der Waals surface area contributed by atoms with Crippen LogP contribution in [0.3, 0.4) is 0 Å². The van der Waals surface area contributed by atoms with E-state index >= 15 is 0 Å². The Morgan fingerprint density at radius 3 is 2.78 bits per heavy atom. The van der Waals surface area contributed by atoms with Crippen molar-refractivity contribution in [3.05, 3.63) is 29.8 Å². The van der Waals surface area contributed by atoms with Crippen LogP contribution in [-0.2, 0) is 4.79 Å². The molecule has 6 heteroatoms. The molecule has 1 aromatic rings. The Labute approximate surface area is 109 Å². The van der Waals surface area contributed by atoms with Crippen LogP contribution >= 0.6 is 11.8 Å². The van der Waals surface area contributed by atoms with E-state index in [-0.39, 0.29) is 17.4 Å². The third-order valence-electron chi connectivity index (χ3n) is 2.22. The van der Waals surface area contributed by atoms with Crippen LogP contribution in [0.15, 0.2) is 34.4 Å². The van der Waals surface area contributed by atoms with Crippen molar-refractivity contribution in [1.29, 1.82) is 5.26 Å². The van der Waals surface area contributed by atoms with E-state index in [1.165, 1.54) is 11.8 Å². The Morgan fingerprint density at radius 2 is 2.22 bits per heavy atom. The number of nitrogens with one attached hydrogen (secondary N) is 1. The van der Waals surface area contributed by atoms with Gasteiger partial charge in [0.25, 0.3) is 5.91 Å². The predicted molar refractivity (Wildman–Crippen MR) is 72.7 cm³/mol. The summed E-state index contributed by atoms with van der Waals surface area (Å²) in [5.41, 5.74) is 4.83. The Morgan fingerprint density at radius 1 is 1.50 bits per heavy atom. The molecule has 0 saturated carbocycles. The van der Waals surface area contributed by atoms with Gasteiger partial charge >= 0.3 is 0 Å². The molecule has 1 amide bonds. The third-order valence-corrected chi connectivity index (χ3v) is 3.16. The van der Waals surface area contributed by atoms with Crippen LogP contribution in [0.4, 0.5) is 5.69 Å². The predicted octanol–water partition coefficient (Wildman–Crippen LogP) is 1.96. The van der Waals surface area contributed by atoms with Crippen molar-refractivity contribution >= 4 is 34.1 Å². The standard InChI is InChI=1S/C12H10N4OS/c1-8-2-4-9(5-3-8)15-16-10(6-13)12-14-11(17)7-18-12/h2-5,15H,7H2,1H3/b16-10+. The molecular weight excluding hydrogens is 248 g/mol. The molecular formula is C12H10N4OS. The molecule has 0 unspecified atom stereocenters. The smallest absolute Gasteiger partial charge is 0.257 e. The topological polar surface area (TPSA) is 77.6 Å². The number of hydrogen-bond donors (Lipinski definition) is 1. The first-order valence-electron chi connectivity index (χ1n) is 5.24. The van der Waals surface area contributed by atoms with Crippen molar-refractivity contribution in [3.8, 4) is 6.07 Å². The van der Waals surface area contributed by atoms with Gasteiger partial charge in [0.15, 0.2) is 5.71 Å². The fourth-order valence-corrected chi connectivity index (χ4v) is 2.02. The van der Waals surface area contributed by atoms with Gasteiger partial charge in [0.2, 0.25) is 0 Å². The monoisotopic (exact) mass is 258 g/mol. The zero-order valence-corrected chi connectivity index (χ0v) is 10.5. The molecule has 1 aliphatic heterocycles. The van der Waals surface area contributed by atoms with Crippen molar-refractivity contribution in [1.82, 2.24) is 0 Å². The molecule has 90 valence electrons. The molecule has 1 heterocycles. The number of aryl methyl sites for hydroxylation is 1. The lowest BCUT2D eigenvalue weighted by molar-refractivity contribution is -0.115. The number of rotatable bonds is 3. The van der Waals surface area contributed by atoms with Crippen LogP contribution in [-0.4, -0.2) is 22.4 Å². The molecule has 0 atom stereocenters. The summed E-state index contributed by atoms with van der Waals surface area (Å²) < 4.78 is 0. The summed E-state index contributed by atoms with van der Waals surface area (Å²) >= 11 is 1.23. The van der Waals surface area contributed by atoms with Crippen LogP contribution < -0.4 is 5.43 Å². The highest BCUT2D eigenvalue weighted by Gasteiger charge is 2.19. The fourth-order valence-electron chi connectivity index (χ4n) is 1.30. The molecule has 0 spiro atoms. The molecule has 0 aliphatic carbocycles. The Bertz CT molecular complexity index is 569. The second-order valence-electron chi connectivity index (χ2n) is 3.65. The largest absolute Gasteiger partial charge is 0.277 e. The van der Waals surface area contributed by atoms with Gasteiger partial charge in [-0.1, -0.05) is 29.5 Å². The minimum absolute atomic E-state index is 0.131. The summed E-state index contributed by atoms with van der Waals surface area (Å²) in [5, 5.41) is 13.3. The molecule has 1 aliphatic rings. The van der Waals surface area contributed by atoms with Crippen molar-refractivity contribution in [2.24, 2.45) is 10.1 Å². The maximum absolute atomic E-state index is 11.0. The number of benzene rings is 1. The average molecular weight is 258 g/mol. The first-order valence-corrected chi connectivity index (χ1v) is 6.23. The SMILES string of the molecule is Cc1ccc(N/N=C(\C#N)C2=NC(=O)CS2)cc1. The van der Waals surface area contributed by atoms with Gasteiger partial charge in [0.05, 0.1) is 11.4 Å². The van der Waals surface area contributed by atoms with Crippen LogP contribution in [0.1, 0.15) is 5.56 Å². The van der Waals surface area contributed by atoms with E-state index in [0.29, 0.717) is 5.04 Å². The number of anilines is 1. The molecule has 0 bridgehead atoms. The Hall–Kier alpha value is -2.13. The van der Waals surface area contributed by atoms with Crippen LogP contribution in [0.2, 0.25) is 0 Å². The summed E-state index contributed by atoms with van der Waals surface area (Å²) in [6, 6.07) is 9.54. The van der Waals surface area contributed by atoms with Crippen molar-refractivity contribution < 1.29 is 4.79 Å². The zero-order valence-electron chi connectivity index (χ0n) is 9.67. The van der Waals surface area contributed by atoms with Gasteiger partial charge in [-0.2, -0.15) is 10.4 Å². The number of carbonyl (C=O) groups is 1. The van der Waals surface area contributed by atoms with Gasteiger partial charge in [0.1, 0.15) is 11.1 Å². The average Bonchev–Trinajstić information content (AvgIpc) is 2.79. The highest BCUT2D eigenvalue weighted by Crippen LogP contribution is 2.15. The number of carbonyl (C=O) groups excluding carboxylic acids is 1. The van der Waals surface area contributed by atoms with Crippen LogP contribution in [0, 0.1) is 18.3 Å². The van der Waals surface area contributed by atoms with Gasteiger partial charge in [-0.25, -0.2) is 4.99 Å². The summed E-state index contributed by atoms with van der Waals surface area (Å²) in [6.45, 7) is 1.99. The van der Waals surface area contributed by atoms with Crippen molar-refractivity contribution in [2.75, 3.05) is 11.2 Å². The van der Waals surface area contributed by atoms with E-state index in [1.807, 2.05) is 37.3 Å². The minimum Gasteiger partial charge on any atom is -0.277 e. The van der Waals surface area contributed by atoms with E-state index in [1.54, 1.807) is 0 Å². The van der Waals surface area contributed by atoms with Gasteiger partial charge in [-0.05, 0) is 19.1 Å². The highest BCUT2D eigenvalue weighted by molar-refractivity contribution is 8.16. The summed E-state index contributed by atoms with van der Waals surface area (Å²) in [4.78, 5) is 14.7. The van der Waals surface area contributed by atoms with E-state index < -0.39 is 0 Å². The molecule has 1 aromatic carbocycles. The number of nitriles is 1. The Balaban J connectivity index is 2.12. The molecule has 5 nitrogen and oxygen atoms in total. The van der Waals surface area contributed by atoms with Crippen molar-refractivity contribution in [2.45, 2.75) is 6.92 Å². The molecule has 18 heavy (non-hydrogen) atoms. The van der Waals surface area contributed by atoms with Crippen molar-refractivity contribution in [3.63, 3.8) is 0 Å². The zero-order chi connectivity index (χ0) is 13.0. The number of aliphatic imine (C=N–C) groups is 1. The molecule has 2 rings (SSSR count). The molecule has 0 saturated heterocycles. The molecule has 1 N–H and O–H groups in total. The lowest BCUT2D eigenvalue weighted by Crippen LogP contribution is -2.08. The molecule has 0 fully saturated rings. The van der Waals surface area contributed by atoms with E-state index in [0.717, 1.165) is 11.3 Å². The number of hydrogen-bond acceptors (Lipinski definition) is 5. The minimum atomic E-state index is -0.228. The van der Waals surface area contributed by atoms with Gasteiger partial charge in [0, 0.05) is 0 Å². The normalized spacial score (nSPS) is 15.2. The molecule has 0 aromatic heterocycles. The Kier molecular flexibility index (Phi) is 3.75. The highest BCUT2D eigenvalue weighted by atomic mass is 32.2. The second kappa shape index (κ2) is 5.47. The summed E-state index contributed by atoms with van der Waals surface area (Å²) in [5.74, 6) is 0.0499. The lowest BCUT2D eigenvalue weighted by Gasteiger charge is -2.01. The quantitative estimate of drug-likeness (QED) is 0.664. The number of hydrazone groups is 1. The van der Waals surface area contributed by atoms with E-state index in [2.05, 4.69) is 15.5 Å². The number of amides is 1. The molecule has 0 radical (unpaired) electrons. The number of thioether (sulfide) groups is 1. The maximum atomic E-state index is 11.0. The van der Waals surface area contributed by atoms with E-state index in [9.17, 15) is 4.79 Å². The number of nitrogens with zero attached hydrogens (tertiary/aromatic N) is 3. The van der Waals surface area contributed by atoms with Crippen LogP contribution in [0.5, 0.6) is 0 Å². The van der Waals surface area contributed by atoms with E-state index in [4.69, 9.17) is 5.26 Å². The second-order valence-corrected chi connectivity index (χ2v) is 4.61. The lowest BCUT2D eigenvalue weighted by atomic mass is 10.2. The van der Waals surface area contributed by atoms with Crippen LogP contribution in [0.25, 0.3) is 0 Å². The van der Waals surface area contributed by atoms with Gasteiger partial charge in [-0.15, -0.1) is 0 Å². The fraction of sp³-hybridized carbons (Fsp3) is 0.167. The van der Waals surface area contributed by atoms with Gasteiger partial charge < -0.3 is 0 Å². The maximum Gasteiger partial charge on any atom is 0.257 e. The summed E-state index contributed by atoms with van der Waals surface area (Å²) in [6.07, 6.45) is 0.